The molecule has 1 unspecified atom stereocenters. The van der Waals surface area contributed by atoms with Crippen LogP contribution in [0.3, 0.4) is 0 Å². The van der Waals surface area contributed by atoms with Crippen LogP contribution in [0.4, 0.5) is 4.39 Å². The highest BCUT2D eigenvalue weighted by atomic mass is 19.1. The van der Waals surface area contributed by atoms with Gasteiger partial charge in [-0.1, -0.05) is 42.5 Å². The Bertz CT molecular complexity index is 1080. The molecule has 3 aromatic rings. The number of halogens is 1. The Labute approximate surface area is 166 Å². The largest absolute Gasteiger partial charge is 0.507 e. The summed E-state index contributed by atoms with van der Waals surface area (Å²) in [6.07, 6.45) is 3.00. The number of aromatic nitrogens is 1. The Morgan fingerprint density at radius 3 is 2.28 bits per heavy atom. The first-order valence-electron chi connectivity index (χ1n) is 9.04. The summed E-state index contributed by atoms with van der Waals surface area (Å²) >= 11 is 0. The Hall–Kier alpha value is -3.80. The smallest absolute Gasteiger partial charge is 0.295 e. The van der Waals surface area contributed by atoms with Gasteiger partial charge in [0.05, 0.1) is 11.6 Å². The van der Waals surface area contributed by atoms with Crippen LogP contribution in [0, 0.1) is 5.82 Å². The van der Waals surface area contributed by atoms with E-state index < -0.39 is 17.7 Å². The standard InChI is InChI=1S/C23H17FN2O3/c24-18-8-6-15(7-9-18)14-26-20(16-4-2-1-3-5-16)19(22(28)23(26)29)21(27)17-10-12-25-13-11-17/h1-13,20,27H,14H2/b21-19-. The Morgan fingerprint density at radius 2 is 1.62 bits per heavy atom. The second-order valence-corrected chi connectivity index (χ2v) is 6.70. The van der Waals surface area contributed by atoms with Crippen molar-refractivity contribution in [1.29, 1.82) is 0 Å². The van der Waals surface area contributed by atoms with Gasteiger partial charge in [-0.3, -0.25) is 14.6 Å². The van der Waals surface area contributed by atoms with Gasteiger partial charge in [0.25, 0.3) is 11.7 Å². The number of likely N-dealkylation sites (tertiary alicyclic amines) is 1. The van der Waals surface area contributed by atoms with Crippen molar-refractivity contribution < 1.29 is 19.1 Å². The minimum atomic E-state index is -0.755. The molecule has 1 aliphatic rings. The van der Waals surface area contributed by atoms with E-state index >= 15 is 0 Å². The molecule has 1 atom stereocenters. The number of aliphatic hydroxyl groups excluding tert-OH is 1. The molecule has 1 aliphatic heterocycles. The third-order valence-electron chi connectivity index (χ3n) is 4.88. The molecule has 0 radical (unpaired) electrons. The van der Waals surface area contributed by atoms with E-state index in [-0.39, 0.29) is 23.7 Å². The highest BCUT2D eigenvalue weighted by Gasteiger charge is 2.45. The number of carbonyl (C=O) groups excluding carboxylic acids is 2. The lowest BCUT2D eigenvalue weighted by atomic mass is 9.95. The first kappa shape index (κ1) is 18.6. The van der Waals surface area contributed by atoms with Crippen molar-refractivity contribution in [2.75, 3.05) is 0 Å². The number of ketones is 1. The lowest BCUT2D eigenvalue weighted by Crippen LogP contribution is -2.29. The summed E-state index contributed by atoms with van der Waals surface area (Å²) in [5.41, 5.74) is 1.80. The zero-order valence-corrected chi connectivity index (χ0v) is 15.3. The molecule has 1 fully saturated rings. The molecule has 2 aromatic carbocycles. The summed E-state index contributed by atoms with van der Waals surface area (Å²) in [4.78, 5) is 31.0. The van der Waals surface area contributed by atoms with E-state index in [4.69, 9.17) is 0 Å². The zero-order chi connectivity index (χ0) is 20.4. The predicted octanol–water partition coefficient (Wildman–Crippen LogP) is 3.84. The van der Waals surface area contributed by atoms with Crippen LogP contribution < -0.4 is 0 Å². The summed E-state index contributed by atoms with van der Waals surface area (Å²) in [6.45, 7) is 0.109. The number of benzene rings is 2. The molecule has 1 aromatic heterocycles. The number of hydrogen-bond donors (Lipinski definition) is 1. The van der Waals surface area contributed by atoms with Crippen molar-refractivity contribution in [3.63, 3.8) is 0 Å². The average Bonchev–Trinajstić information content (AvgIpc) is 3.01. The second-order valence-electron chi connectivity index (χ2n) is 6.70. The second kappa shape index (κ2) is 7.67. The minimum absolute atomic E-state index is 0.0227. The molecule has 0 bridgehead atoms. The van der Waals surface area contributed by atoms with E-state index in [9.17, 15) is 19.1 Å². The van der Waals surface area contributed by atoms with Gasteiger partial charge < -0.3 is 10.0 Å². The number of rotatable bonds is 4. The number of nitrogens with zero attached hydrogens (tertiary/aromatic N) is 2. The lowest BCUT2D eigenvalue weighted by molar-refractivity contribution is -0.140. The first-order chi connectivity index (χ1) is 14.1. The van der Waals surface area contributed by atoms with Gasteiger partial charge in [0, 0.05) is 24.5 Å². The van der Waals surface area contributed by atoms with Crippen LogP contribution in [0.25, 0.3) is 5.76 Å². The topological polar surface area (TPSA) is 70.5 Å². The van der Waals surface area contributed by atoms with Crippen LogP contribution in [-0.2, 0) is 16.1 Å². The van der Waals surface area contributed by atoms with Crippen LogP contribution in [0.5, 0.6) is 0 Å². The SMILES string of the molecule is O=C1C(=O)N(Cc2ccc(F)cc2)C(c2ccccc2)/C1=C(/O)c1ccncc1. The molecular formula is C23H17FN2O3. The Morgan fingerprint density at radius 1 is 0.966 bits per heavy atom. The fourth-order valence-corrected chi connectivity index (χ4v) is 3.48. The van der Waals surface area contributed by atoms with E-state index in [1.807, 2.05) is 6.07 Å². The third kappa shape index (κ3) is 3.52. The van der Waals surface area contributed by atoms with Gasteiger partial charge in [-0.05, 0) is 35.4 Å². The van der Waals surface area contributed by atoms with Gasteiger partial charge in [0.1, 0.15) is 11.6 Å². The monoisotopic (exact) mass is 388 g/mol. The molecule has 29 heavy (non-hydrogen) atoms. The minimum Gasteiger partial charge on any atom is -0.507 e. The maximum absolute atomic E-state index is 13.3. The summed E-state index contributed by atoms with van der Waals surface area (Å²) < 4.78 is 13.3. The number of pyridine rings is 1. The van der Waals surface area contributed by atoms with Gasteiger partial charge in [0.15, 0.2) is 0 Å². The van der Waals surface area contributed by atoms with Crippen molar-refractivity contribution in [1.82, 2.24) is 9.88 Å². The van der Waals surface area contributed by atoms with Crippen molar-refractivity contribution >= 4 is 17.4 Å². The fraction of sp³-hybridized carbons (Fsp3) is 0.0870. The summed E-state index contributed by atoms with van der Waals surface area (Å²) in [5.74, 6) is -2.09. The average molecular weight is 388 g/mol. The molecule has 4 rings (SSSR count). The maximum atomic E-state index is 13.3. The fourth-order valence-electron chi connectivity index (χ4n) is 3.48. The van der Waals surface area contributed by atoms with Crippen LogP contribution in [-0.4, -0.2) is 26.7 Å². The molecule has 0 aliphatic carbocycles. The van der Waals surface area contributed by atoms with Gasteiger partial charge in [0.2, 0.25) is 0 Å². The number of amides is 1. The van der Waals surface area contributed by atoms with Gasteiger partial charge in [-0.25, -0.2) is 4.39 Å². The number of Topliss-reactive ketones (excluding diaryl/α,β-unsaturated/α-hetero) is 1. The quantitative estimate of drug-likeness (QED) is 0.419. The molecule has 1 N–H and O–H groups in total. The van der Waals surface area contributed by atoms with Crippen LogP contribution in [0.15, 0.2) is 84.7 Å². The van der Waals surface area contributed by atoms with E-state index in [2.05, 4.69) is 4.98 Å². The molecule has 144 valence electrons. The van der Waals surface area contributed by atoms with Crippen LogP contribution in [0.2, 0.25) is 0 Å². The number of aliphatic hydroxyl groups is 1. The van der Waals surface area contributed by atoms with Crippen molar-refractivity contribution in [2.45, 2.75) is 12.6 Å². The molecule has 0 saturated carbocycles. The Kier molecular flexibility index (Phi) is 4.91. The molecule has 5 nitrogen and oxygen atoms in total. The number of carbonyl (C=O) groups is 2. The predicted molar refractivity (Wildman–Crippen MR) is 105 cm³/mol. The molecule has 6 heteroatoms. The van der Waals surface area contributed by atoms with Gasteiger partial charge >= 0.3 is 0 Å². The maximum Gasteiger partial charge on any atom is 0.295 e. The lowest BCUT2D eigenvalue weighted by Gasteiger charge is -2.25. The first-order valence-corrected chi connectivity index (χ1v) is 9.04. The van der Waals surface area contributed by atoms with Crippen LogP contribution in [0.1, 0.15) is 22.7 Å². The molecule has 2 heterocycles. The summed E-state index contributed by atoms with van der Waals surface area (Å²) in [7, 11) is 0. The molecular weight excluding hydrogens is 371 g/mol. The third-order valence-corrected chi connectivity index (χ3v) is 4.88. The molecule has 0 spiro atoms. The van der Waals surface area contributed by atoms with Crippen molar-refractivity contribution in [2.24, 2.45) is 0 Å². The van der Waals surface area contributed by atoms with E-state index in [1.165, 1.54) is 29.4 Å². The number of hydrogen-bond acceptors (Lipinski definition) is 4. The van der Waals surface area contributed by atoms with Crippen molar-refractivity contribution in [3.05, 3.63) is 107 Å². The van der Waals surface area contributed by atoms with Gasteiger partial charge in [-0.15, -0.1) is 0 Å². The highest BCUT2D eigenvalue weighted by molar-refractivity contribution is 6.46. The van der Waals surface area contributed by atoms with E-state index in [0.29, 0.717) is 16.7 Å². The highest BCUT2D eigenvalue weighted by Crippen LogP contribution is 2.40. The van der Waals surface area contributed by atoms with Crippen LogP contribution >= 0.6 is 0 Å². The normalized spacial score (nSPS) is 18.2. The van der Waals surface area contributed by atoms with E-state index in [1.54, 1.807) is 48.5 Å². The van der Waals surface area contributed by atoms with E-state index in [0.717, 1.165) is 0 Å². The summed E-state index contributed by atoms with van der Waals surface area (Å²) in [6, 6.07) is 17.2. The zero-order valence-electron chi connectivity index (χ0n) is 15.3. The summed E-state index contributed by atoms with van der Waals surface area (Å²) in [5, 5.41) is 10.9. The van der Waals surface area contributed by atoms with Gasteiger partial charge in [-0.2, -0.15) is 0 Å². The Balaban J connectivity index is 1.83. The molecule has 1 saturated heterocycles. The molecule has 1 amide bonds. The van der Waals surface area contributed by atoms with Crippen molar-refractivity contribution in [3.8, 4) is 0 Å².